The number of nitrogens with zero attached hydrogens (tertiary/aromatic N) is 1. The number of hydrogen-bond donors (Lipinski definition) is 2. The SMILES string of the molecule is CCNc1nc(CNC)cc2ccccc12. The van der Waals surface area contributed by atoms with E-state index in [1.807, 2.05) is 13.1 Å². The van der Waals surface area contributed by atoms with Crippen LogP contribution in [0.1, 0.15) is 12.6 Å². The van der Waals surface area contributed by atoms with Gasteiger partial charge >= 0.3 is 0 Å². The Bertz CT molecular complexity index is 480. The van der Waals surface area contributed by atoms with Crippen LogP contribution in [0.5, 0.6) is 0 Å². The first-order valence-electron chi connectivity index (χ1n) is 5.62. The molecule has 2 rings (SSSR count). The van der Waals surface area contributed by atoms with Crippen LogP contribution in [-0.4, -0.2) is 18.6 Å². The Kier molecular flexibility index (Phi) is 3.37. The van der Waals surface area contributed by atoms with E-state index in [9.17, 15) is 0 Å². The molecule has 0 fully saturated rings. The maximum Gasteiger partial charge on any atom is 0.134 e. The quantitative estimate of drug-likeness (QED) is 0.822. The summed E-state index contributed by atoms with van der Waals surface area (Å²) in [6.45, 7) is 3.77. The number of aromatic nitrogens is 1. The third-order valence-electron chi connectivity index (χ3n) is 2.50. The van der Waals surface area contributed by atoms with Gasteiger partial charge in [-0.1, -0.05) is 24.3 Å². The summed E-state index contributed by atoms with van der Waals surface area (Å²) in [5, 5.41) is 8.86. The van der Waals surface area contributed by atoms with Gasteiger partial charge in [0.1, 0.15) is 5.82 Å². The lowest BCUT2D eigenvalue weighted by molar-refractivity contribution is 0.793. The van der Waals surface area contributed by atoms with Crippen LogP contribution in [0.3, 0.4) is 0 Å². The fraction of sp³-hybridized carbons (Fsp3) is 0.308. The van der Waals surface area contributed by atoms with E-state index in [4.69, 9.17) is 0 Å². The number of fused-ring (bicyclic) bond motifs is 1. The summed E-state index contributed by atoms with van der Waals surface area (Å²) in [7, 11) is 1.93. The Hall–Kier alpha value is -1.61. The molecule has 0 amide bonds. The average Bonchev–Trinajstić information content (AvgIpc) is 2.30. The van der Waals surface area contributed by atoms with Crippen molar-refractivity contribution in [3.63, 3.8) is 0 Å². The molecule has 0 spiro atoms. The lowest BCUT2D eigenvalue weighted by Gasteiger charge is -2.09. The van der Waals surface area contributed by atoms with E-state index in [1.54, 1.807) is 0 Å². The summed E-state index contributed by atoms with van der Waals surface area (Å²) < 4.78 is 0. The Morgan fingerprint density at radius 3 is 2.81 bits per heavy atom. The Morgan fingerprint density at radius 1 is 1.25 bits per heavy atom. The van der Waals surface area contributed by atoms with Gasteiger partial charge in [-0.3, -0.25) is 0 Å². The normalized spacial score (nSPS) is 10.6. The van der Waals surface area contributed by atoms with Crippen molar-refractivity contribution >= 4 is 16.6 Å². The molecular weight excluding hydrogens is 198 g/mol. The van der Waals surface area contributed by atoms with Crippen LogP contribution in [0.15, 0.2) is 30.3 Å². The van der Waals surface area contributed by atoms with Crippen molar-refractivity contribution < 1.29 is 0 Å². The third kappa shape index (κ3) is 2.14. The van der Waals surface area contributed by atoms with E-state index in [1.165, 1.54) is 10.8 Å². The number of benzene rings is 1. The van der Waals surface area contributed by atoms with Crippen molar-refractivity contribution in [3.05, 3.63) is 36.0 Å². The molecule has 0 aliphatic heterocycles. The van der Waals surface area contributed by atoms with Gasteiger partial charge in [-0.15, -0.1) is 0 Å². The van der Waals surface area contributed by atoms with E-state index in [0.29, 0.717) is 0 Å². The Labute approximate surface area is 95.9 Å². The number of nitrogens with one attached hydrogen (secondary N) is 2. The number of hydrogen-bond acceptors (Lipinski definition) is 3. The van der Waals surface area contributed by atoms with Gasteiger partial charge < -0.3 is 10.6 Å². The molecule has 3 nitrogen and oxygen atoms in total. The zero-order valence-corrected chi connectivity index (χ0v) is 9.75. The summed E-state index contributed by atoms with van der Waals surface area (Å²) in [6.07, 6.45) is 0. The van der Waals surface area contributed by atoms with Gasteiger partial charge in [0, 0.05) is 18.5 Å². The Morgan fingerprint density at radius 2 is 2.06 bits per heavy atom. The minimum Gasteiger partial charge on any atom is -0.370 e. The van der Waals surface area contributed by atoms with Crippen molar-refractivity contribution in [2.75, 3.05) is 18.9 Å². The molecule has 0 saturated heterocycles. The Balaban J connectivity index is 2.54. The zero-order valence-electron chi connectivity index (χ0n) is 9.75. The van der Waals surface area contributed by atoms with Gasteiger partial charge in [-0.25, -0.2) is 4.98 Å². The summed E-state index contributed by atoms with van der Waals surface area (Å²) in [4.78, 5) is 4.61. The van der Waals surface area contributed by atoms with E-state index in [2.05, 4.69) is 46.8 Å². The smallest absolute Gasteiger partial charge is 0.134 e. The van der Waals surface area contributed by atoms with Crippen LogP contribution >= 0.6 is 0 Å². The molecule has 0 aliphatic carbocycles. The number of anilines is 1. The molecule has 0 bridgehead atoms. The summed E-state index contributed by atoms with van der Waals surface area (Å²) in [5.41, 5.74) is 1.07. The standard InChI is InChI=1S/C13H17N3/c1-3-15-13-12-7-5-4-6-10(12)8-11(16-13)9-14-2/h4-8,14H,3,9H2,1-2H3,(H,15,16). The highest BCUT2D eigenvalue weighted by atomic mass is 15.0. The van der Waals surface area contributed by atoms with Crippen LogP contribution in [-0.2, 0) is 6.54 Å². The average molecular weight is 215 g/mol. The topological polar surface area (TPSA) is 37.0 Å². The van der Waals surface area contributed by atoms with Crippen LogP contribution < -0.4 is 10.6 Å². The molecule has 2 N–H and O–H groups in total. The van der Waals surface area contributed by atoms with E-state index in [0.717, 1.165) is 24.6 Å². The van der Waals surface area contributed by atoms with E-state index in [-0.39, 0.29) is 0 Å². The van der Waals surface area contributed by atoms with Crippen LogP contribution in [0.4, 0.5) is 5.82 Å². The second kappa shape index (κ2) is 4.94. The van der Waals surface area contributed by atoms with Crippen LogP contribution in [0.2, 0.25) is 0 Å². The monoisotopic (exact) mass is 215 g/mol. The molecule has 2 aromatic rings. The summed E-state index contributed by atoms with van der Waals surface area (Å²) >= 11 is 0. The number of rotatable bonds is 4. The highest BCUT2D eigenvalue weighted by Gasteiger charge is 2.03. The first kappa shape index (κ1) is 10.9. The largest absolute Gasteiger partial charge is 0.370 e. The molecule has 16 heavy (non-hydrogen) atoms. The minimum absolute atomic E-state index is 0.795. The molecule has 3 heteroatoms. The predicted molar refractivity (Wildman–Crippen MR) is 68.7 cm³/mol. The fourth-order valence-electron chi connectivity index (χ4n) is 1.83. The van der Waals surface area contributed by atoms with Crippen LogP contribution in [0.25, 0.3) is 10.8 Å². The van der Waals surface area contributed by atoms with Crippen molar-refractivity contribution in [2.24, 2.45) is 0 Å². The molecule has 1 aromatic carbocycles. The molecule has 0 radical (unpaired) electrons. The van der Waals surface area contributed by atoms with Gasteiger partial charge in [0.2, 0.25) is 0 Å². The molecule has 0 atom stereocenters. The lowest BCUT2D eigenvalue weighted by atomic mass is 10.1. The fourth-order valence-corrected chi connectivity index (χ4v) is 1.83. The van der Waals surface area contributed by atoms with Crippen molar-refractivity contribution in [1.82, 2.24) is 10.3 Å². The van der Waals surface area contributed by atoms with E-state index < -0.39 is 0 Å². The van der Waals surface area contributed by atoms with Crippen molar-refractivity contribution in [1.29, 1.82) is 0 Å². The zero-order chi connectivity index (χ0) is 11.4. The number of pyridine rings is 1. The summed E-state index contributed by atoms with van der Waals surface area (Å²) in [5.74, 6) is 0.978. The molecule has 0 aliphatic rings. The van der Waals surface area contributed by atoms with Gasteiger partial charge in [0.15, 0.2) is 0 Å². The van der Waals surface area contributed by atoms with Crippen LogP contribution in [0, 0.1) is 0 Å². The maximum absolute atomic E-state index is 4.61. The van der Waals surface area contributed by atoms with Gasteiger partial charge in [-0.05, 0) is 25.4 Å². The van der Waals surface area contributed by atoms with Gasteiger partial charge in [0.25, 0.3) is 0 Å². The third-order valence-corrected chi connectivity index (χ3v) is 2.50. The molecular formula is C13H17N3. The van der Waals surface area contributed by atoms with Gasteiger partial charge in [-0.2, -0.15) is 0 Å². The second-order valence-corrected chi connectivity index (χ2v) is 3.74. The molecule has 0 saturated carbocycles. The van der Waals surface area contributed by atoms with Gasteiger partial charge in [0.05, 0.1) is 5.69 Å². The maximum atomic E-state index is 4.61. The summed E-state index contributed by atoms with van der Waals surface area (Å²) in [6, 6.07) is 10.5. The van der Waals surface area contributed by atoms with Crippen molar-refractivity contribution in [2.45, 2.75) is 13.5 Å². The lowest BCUT2D eigenvalue weighted by Crippen LogP contribution is -2.09. The first-order valence-corrected chi connectivity index (χ1v) is 5.62. The first-order chi connectivity index (χ1) is 7.85. The molecule has 0 unspecified atom stereocenters. The molecule has 1 heterocycles. The minimum atomic E-state index is 0.795. The van der Waals surface area contributed by atoms with Crippen molar-refractivity contribution in [3.8, 4) is 0 Å². The predicted octanol–water partition coefficient (Wildman–Crippen LogP) is 2.39. The highest BCUT2D eigenvalue weighted by molar-refractivity contribution is 5.92. The molecule has 1 aromatic heterocycles. The van der Waals surface area contributed by atoms with E-state index >= 15 is 0 Å². The molecule has 84 valence electrons. The highest BCUT2D eigenvalue weighted by Crippen LogP contribution is 2.22. The second-order valence-electron chi connectivity index (χ2n) is 3.74.